The number of fused-ring (bicyclic) bond motifs is 6. The molecule has 0 spiro atoms. The van der Waals surface area contributed by atoms with Crippen LogP contribution in [0.1, 0.15) is 45.7 Å². The molecule has 0 aromatic heterocycles. The number of aromatic hydroxyl groups is 2. The molecule has 0 unspecified atom stereocenters. The van der Waals surface area contributed by atoms with E-state index in [1.54, 1.807) is 60.7 Å². The van der Waals surface area contributed by atoms with Crippen molar-refractivity contribution in [1.29, 1.82) is 0 Å². The molecule has 0 heterocycles. The van der Waals surface area contributed by atoms with E-state index in [4.69, 9.17) is 9.47 Å². The van der Waals surface area contributed by atoms with Crippen LogP contribution in [-0.2, 0) is 9.59 Å². The van der Waals surface area contributed by atoms with E-state index in [0.29, 0.717) is 33.8 Å². The van der Waals surface area contributed by atoms with Gasteiger partial charge in [0.1, 0.15) is 23.0 Å². The standard InChI is InChI=1S/C17H12O5.C13H8O3/c1-9(18)21-11-3-5-13-14-6-4-12(22-10(2)19)8-16(14)17(20)15(13)7-11;14-7-1-3-9-10-4-2-8(15)6-12(10)13(16)11(9)5-7/h3-8H,1-2H3;1-6,14-15H. The number of ether oxygens (including phenoxy) is 2. The van der Waals surface area contributed by atoms with Crippen LogP contribution < -0.4 is 9.47 Å². The van der Waals surface area contributed by atoms with Crippen molar-refractivity contribution < 1.29 is 38.9 Å². The summed E-state index contributed by atoms with van der Waals surface area (Å²) in [5.41, 5.74) is 5.05. The van der Waals surface area contributed by atoms with Gasteiger partial charge in [-0.15, -0.1) is 0 Å². The first-order valence-electron chi connectivity index (χ1n) is 11.5. The van der Waals surface area contributed by atoms with E-state index in [-0.39, 0.29) is 23.1 Å². The van der Waals surface area contributed by atoms with Crippen molar-refractivity contribution in [3.8, 4) is 45.3 Å². The fourth-order valence-electron chi connectivity index (χ4n) is 4.55. The van der Waals surface area contributed by atoms with Gasteiger partial charge in [0.15, 0.2) is 11.6 Å². The summed E-state index contributed by atoms with van der Waals surface area (Å²) in [6.07, 6.45) is 0. The maximum Gasteiger partial charge on any atom is 0.308 e. The van der Waals surface area contributed by atoms with Crippen LogP contribution >= 0.6 is 0 Å². The summed E-state index contributed by atoms with van der Waals surface area (Å²) in [6.45, 7) is 2.60. The number of rotatable bonds is 2. The van der Waals surface area contributed by atoms with Crippen LogP contribution in [0, 0.1) is 0 Å². The smallest absolute Gasteiger partial charge is 0.308 e. The molecule has 8 heteroatoms. The van der Waals surface area contributed by atoms with E-state index in [2.05, 4.69) is 0 Å². The van der Waals surface area contributed by atoms with Crippen LogP contribution in [0.2, 0.25) is 0 Å². The van der Waals surface area contributed by atoms with E-state index in [1.165, 1.54) is 26.0 Å². The van der Waals surface area contributed by atoms with Crippen molar-refractivity contribution in [2.24, 2.45) is 0 Å². The summed E-state index contributed by atoms with van der Waals surface area (Å²) < 4.78 is 10.0. The molecule has 2 N–H and O–H groups in total. The van der Waals surface area contributed by atoms with E-state index in [9.17, 15) is 29.4 Å². The molecule has 8 nitrogen and oxygen atoms in total. The summed E-state index contributed by atoms with van der Waals surface area (Å²) in [5, 5.41) is 18.7. The van der Waals surface area contributed by atoms with Crippen LogP contribution in [0.3, 0.4) is 0 Å². The highest BCUT2D eigenvalue weighted by Gasteiger charge is 2.28. The Morgan fingerprint density at radius 2 is 0.816 bits per heavy atom. The minimum absolute atomic E-state index is 0.0733. The van der Waals surface area contributed by atoms with Gasteiger partial charge in [-0.2, -0.15) is 0 Å². The maximum atomic E-state index is 12.5. The topological polar surface area (TPSA) is 127 Å². The third kappa shape index (κ3) is 4.39. The molecule has 6 rings (SSSR count). The molecule has 0 saturated heterocycles. The fourth-order valence-corrected chi connectivity index (χ4v) is 4.55. The lowest BCUT2D eigenvalue weighted by Gasteiger charge is -2.04. The lowest BCUT2D eigenvalue weighted by molar-refractivity contribution is -0.132. The van der Waals surface area contributed by atoms with Gasteiger partial charge in [-0.25, -0.2) is 0 Å². The van der Waals surface area contributed by atoms with Crippen molar-refractivity contribution >= 4 is 23.5 Å². The summed E-state index contributed by atoms with van der Waals surface area (Å²) in [6, 6.07) is 19.3. The van der Waals surface area contributed by atoms with E-state index in [1.807, 2.05) is 0 Å². The third-order valence-electron chi connectivity index (χ3n) is 6.07. The van der Waals surface area contributed by atoms with Gasteiger partial charge < -0.3 is 19.7 Å². The third-order valence-corrected chi connectivity index (χ3v) is 6.07. The van der Waals surface area contributed by atoms with Gasteiger partial charge in [0.2, 0.25) is 0 Å². The molecule has 0 bridgehead atoms. The van der Waals surface area contributed by atoms with Crippen LogP contribution in [0.15, 0.2) is 72.8 Å². The Balaban J connectivity index is 0.000000162. The number of ketones is 2. The van der Waals surface area contributed by atoms with Gasteiger partial charge in [0, 0.05) is 36.1 Å². The van der Waals surface area contributed by atoms with Crippen molar-refractivity contribution in [3.05, 3.63) is 95.1 Å². The van der Waals surface area contributed by atoms with Crippen molar-refractivity contribution in [2.45, 2.75) is 13.8 Å². The molecule has 2 aliphatic carbocycles. The number of benzene rings is 4. The first kappa shape index (κ1) is 24.5. The highest BCUT2D eigenvalue weighted by molar-refractivity contribution is 6.22. The Hall–Kier alpha value is -5.24. The average Bonchev–Trinajstić information content (AvgIpc) is 3.29. The molecule has 0 saturated carbocycles. The Labute approximate surface area is 216 Å². The number of hydrogen-bond donors (Lipinski definition) is 2. The quantitative estimate of drug-likeness (QED) is 0.246. The summed E-state index contributed by atoms with van der Waals surface area (Å²) in [7, 11) is 0. The van der Waals surface area contributed by atoms with Gasteiger partial charge in [-0.05, 0) is 95.1 Å². The molecule has 0 amide bonds. The molecule has 4 aromatic carbocycles. The van der Waals surface area contributed by atoms with E-state index < -0.39 is 11.9 Å². The predicted molar refractivity (Wildman–Crippen MR) is 137 cm³/mol. The van der Waals surface area contributed by atoms with Crippen molar-refractivity contribution in [1.82, 2.24) is 0 Å². The van der Waals surface area contributed by atoms with E-state index >= 15 is 0 Å². The van der Waals surface area contributed by atoms with Gasteiger partial charge in [0.25, 0.3) is 0 Å². The number of esters is 2. The molecule has 4 aromatic rings. The predicted octanol–water partition coefficient (Wildman–Crippen LogP) is 5.06. The lowest BCUT2D eigenvalue weighted by atomic mass is 10.1. The van der Waals surface area contributed by atoms with Crippen LogP contribution in [0.5, 0.6) is 23.0 Å². The van der Waals surface area contributed by atoms with Crippen molar-refractivity contribution in [3.63, 3.8) is 0 Å². The Morgan fingerprint density at radius 3 is 1.16 bits per heavy atom. The Kier molecular flexibility index (Phi) is 6.00. The maximum absolute atomic E-state index is 12.5. The molecule has 2 aliphatic rings. The molecule has 38 heavy (non-hydrogen) atoms. The molecule has 0 radical (unpaired) electrons. The number of phenols is 2. The summed E-state index contributed by atoms with van der Waals surface area (Å²) in [4.78, 5) is 46.5. The minimum Gasteiger partial charge on any atom is -0.508 e. The molecular weight excluding hydrogens is 488 g/mol. The molecule has 0 aliphatic heterocycles. The second-order valence-corrected chi connectivity index (χ2v) is 8.72. The number of carbonyl (C=O) groups is 4. The second-order valence-electron chi connectivity index (χ2n) is 8.72. The normalized spacial score (nSPS) is 11.9. The van der Waals surface area contributed by atoms with Crippen molar-refractivity contribution in [2.75, 3.05) is 0 Å². The summed E-state index contributed by atoms with van der Waals surface area (Å²) in [5.74, 6) is -0.432. The monoisotopic (exact) mass is 508 g/mol. The minimum atomic E-state index is -0.444. The van der Waals surface area contributed by atoms with Gasteiger partial charge in [0.05, 0.1) is 0 Å². The zero-order valence-corrected chi connectivity index (χ0v) is 20.3. The Bertz CT molecular complexity index is 1560. The first-order chi connectivity index (χ1) is 18.1. The highest BCUT2D eigenvalue weighted by atomic mass is 16.5. The highest BCUT2D eigenvalue weighted by Crippen LogP contribution is 2.40. The molecule has 0 atom stereocenters. The largest absolute Gasteiger partial charge is 0.508 e. The fraction of sp³-hybridized carbons (Fsp3) is 0.0667. The lowest BCUT2D eigenvalue weighted by Crippen LogP contribution is -2.03. The summed E-state index contributed by atoms with van der Waals surface area (Å²) >= 11 is 0. The average molecular weight is 508 g/mol. The SMILES string of the molecule is CC(=O)Oc1ccc2c(c1)C(=O)c1cc(OC(C)=O)ccc1-2.O=C1c2cc(O)ccc2-c2ccc(O)cc21. The van der Waals surface area contributed by atoms with Crippen LogP contribution in [0.4, 0.5) is 0 Å². The Morgan fingerprint density at radius 1 is 0.500 bits per heavy atom. The van der Waals surface area contributed by atoms with Gasteiger partial charge in [-0.1, -0.05) is 0 Å². The van der Waals surface area contributed by atoms with Gasteiger partial charge in [-0.3, -0.25) is 19.2 Å². The first-order valence-corrected chi connectivity index (χ1v) is 11.5. The number of carbonyl (C=O) groups excluding carboxylic acids is 4. The second kappa shape index (κ2) is 9.33. The molecule has 0 fully saturated rings. The van der Waals surface area contributed by atoms with E-state index in [0.717, 1.165) is 22.3 Å². The zero-order chi connectivity index (χ0) is 27.1. The molecule has 188 valence electrons. The zero-order valence-electron chi connectivity index (χ0n) is 20.3. The number of phenolic OH excluding ortho intramolecular Hbond substituents is 2. The van der Waals surface area contributed by atoms with Crippen LogP contribution in [0.25, 0.3) is 22.3 Å². The molecular formula is C30H20O8. The number of hydrogen-bond acceptors (Lipinski definition) is 8. The van der Waals surface area contributed by atoms with Gasteiger partial charge >= 0.3 is 11.9 Å². The van der Waals surface area contributed by atoms with Crippen LogP contribution in [-0.4, -0.2) is 33.7 Å².